The molecule has 5 heteroatoms. The lowest BCUT2D eigenvalue weighted by atomic mass is 10.2. The summed E-state index contributed by atoms with van der Waals surface area (Å²) in [6, 6.07) is 0. The second-order valence-electron chi connectivity index (χ2n) is 3.25. The zero-order chi connectivity index (χ0) is 11.3. The average Bonchev–Trinajstić information content (AvgIpc) is 2.18. The molecular weight excluding hydrogens is 194 g/mol. The summed E-state index contributed by atoms with van der Waals surface area (Å²) >= 11 is 0. The predicted molar refractivity (Wildman–Crippen MR) is 59.3 cm³/mol. The third kappa shape index (κ3) is 3.06. The van der Waals surface area contributed by atoms with E-state index in [0.29, 0.717) is 25.5 Å². The Morgan fingerprint density at radius 3 is 2.80 bits per heavy atom. The third-order valence-electron chi connectivity index (χ3n) is 2.17. The molecule has 0 radical (unpaired) electrons. The molecular formula is C10H17N3O2. The maximum absolute atomic E-state index is 11.6. The van der Waals surface area contributed by atoms with Gasteiger partial charge in [0.25, 0.3) is 5.56 Å². The number of H-pyrrole nitrogens is 1. The van der Waals surface area contributed by atoms with Crippen LogP contribution in [-0.2, 0) is 11.2 Å². The van der Waals surface area contributed by atoms with E-state index >= 15 is 0 Å². The molecule has 15 heavy (non-hydrogen) atoms. The number of aromatic nitrogens is 2. The van der Waals surface area contributed by atoms with Gasteiger partial charge in [0, 0.05) is 24.9 Å². The molecule has 5 nitrogen and oxygen atoms in total. The largest absolute Gasteiger partial charge is 0.383 e. The van der Waals surface area contributed by atoms with Crippen LogP contribution in [0.25, 0.3) is 0 Å². The SMILES string of the molecule is CCc1c(C)nc(NCCOC)[nH]c1=O. The smallest absolute Gasteiger partial charge is 0.255 e. The molecule has 0 unspecified atom stereocenters. The van der Waals surface area contributed by atoms with Gasteiger partial charge in [-0.2, -0.15) is 0 Å². The quantitative estimate of drug-likeness (QED) is 0.703. The molecule has 0 aliphatic rings. The van der Waals surface area contributed by atoms with Crippen molar-refractivity contribution in [1.29, 1.82) is 0 Å². The van der Waals surface area contributed by atoms with Crippen LogP contribution in [0.15, 0.2) is 4.79 Å². The predicted octanol–water partition coefficient (Wildman–Crippen LogP) is 0.699. The minimum absolute atomic E-state index is 0.0649. The number of ether oxygens (including phenoxy) is 1. The highest BCUT2D eigenvalue weighted by molar-refractivity contribution is 5.29. The number of aromatic amines is 1. The van der Waals surface area contributed by atoms with Gasteiger partial charge in [-0.15, -0.1) is 0 Å². The van der Waals surface area contributed by atoms with Crippen LogP contribution in [-0.4, -0.2) is 30.2 Å². The maximum atomic E-state index is 11.6. The van der Waals surface area contributed by atoms with Gasteiger partial charge < -0.3 is 10.1 Å². The fourth-order valence-corrected chi connectivity index (χ4v) is 1.38. The van der Waals surface area contributed by atoms with Crippen LogP contribution in [0.4, 0.5) is 5.95 Å². The van der Waals surface area contributed by atoms with Crippen LogP contribution in [0.2, 0.25) is 0 Å². The van der Waals surface area contributed by atoms with Gasteiger partial charge in [-0.1, -0.05) is 6.92 Å². The molecule has 0 saturated carbocycles. The Balaban J connectivity index is 2.80. The first kappa shape index (κ1) is 11.7. The molecule has 84 valence electrons. The number of methoxy groups -OCH3 is 1. The van der Waals surface area contributed by atoms with Crippen molar-refractivity contribution in [3.8, 4) is 0 Å². The number of hydrogen-bond donors (Lipinski definition) is 2. The number of nitrogens with zero attached hydrogens (tertiary/aromatic N) is 1. The molecule has 0 bridgehead atoms. The van der Waals surface area contributed by atoms with E-state index in [-0.39, 0.29) is 5.56 Å². The van der Waals surface area contributed by atoms with Crippen LogP contribution < -0.4 is 10.9 Å². The first-order valence-corrected chi connectivity index (χ1v) is 5.01. The molecule has 0 spiro atoms. The fraction of sp³-hybridized carbons (Fsp3) is 0.600. The van der Waals surface area contributed by atoms with Crippen molar-refractivity contribution >= 4 is 5.95 Å². The van der Waals surface area contributed by atoms with E-state index in [2.05, 4.69) is 15.3 Å². The van der Waals surface area contributed by atoms with E-state index in [1.54, 1.807) is 7.11 Å². The van der Waals surface area contributed by atoms with Crippen LogP contribution in [0, 0.1) is 6.92 Å². The topological polar surface area (TPSA) is 67.0 Å². The van der Waals surface area contributed by atoms with Crippen LogP contribution in [0.1, 0.15) is 18.2 Å². The molecule has 2 N–H and O–H groups in total. The Bertz CT molecular complexity index is 373. The minimum atomic E-state index is -0.0649. The lowest BCUT2D eigenvalue weighted by Gasteiger charge is -2.07. The van der Waals surface area contributed by atoms with Gasteiger partial charge in [0.05, 0.1) is 6.61 Å². The van der Waals surface area contributed by atoms with Crippen molar-refractivity contribution in [2.24, 2.45) is 0 Å². The Kier molecular flexibility index (Phi) is 4.30. The van der Waals surface area contributed by atoms with Gasteiger partial charge in [-0.05, 0) is 13.3 Å². The summed E-state index contributed by atoms with van der Waals surface area (Å²) in [5.41, 5.74) is 1.46. The van der Waals surface area contributed by atoms with Crippen molar-refractivity contribution in [3.63, 3.8) is 0 Å². The fourth-order valence-electron chi connectivity index (χ4n) is 1.38. The van der Waals surface area contributed by atoms with Gasteiger partial charge >= 0.3 is 0 Å². The lowest BCUT2D eigenvalue weighted by molar-refractivity contribution is 0.210. The van der Waals surface area contributed by atoms with E-state index in [1.807, 2.05) is 13.8 Å². The van der Waals surface area contributed by atoms with Crippen LogP contribution >= 0.6 is 0 Å². The van der Waals surface area contributed by atoms with Crippen LogP contribution in [0.3, 0.4) is 0 Å². The average molecular weight is 211 g/mol. The van der Waals surface area contributed by atoms with E-state index in [0.717, 1.165) is 11.3 Å². The van der Waals surface area contributed by atoms with Crippen molar-refractivity contribution in [1.82, 2.24) is 9.97 Å². The third-order valence-corrected chi connectivity index (χ3v) is 2.17. The summed E-state index contributed by atoms with van der Waals surface area (Å²) in [5.74, 6) is 0.506. The molecule has 0 aromatic carbocycles. The van der Waals surface area contributed by atoms with Gasteiger partial charge in [0.15, 0.2) is 0 Å². The molecule has 1 aromatic rings. The van der Waals surface area contributed by atoms with Crippen molar-refractivity contribution in [3.05, 3.63) is 21.6 Å². The van der Waals surface area contributed by atoms with Gasteiger partial charge in [0.2, 0.25) is 5.95 Å². The molecule has 1 heterocycles. The molecule has 0 aliphatic carbocycles. The molecule has 0 aliphatic heterocycles. The summed E-state index contributed by atoms with van der Waals surface area (Å²) in [6.45, 7) is 5.00. The van der Waals surface area contributed by atoms with E-state index in [1.165, 1.54) is 0 Å². The molecule has 0 atom stereocenters. The van der Waals surface area contributed by atoms with E-state index < -0.39 is 0 Å². The summed E-state index contributed by atoms with van der Waals surface area (Å²) < 4.78 is 4.89. The van der Waals surface area contributed by atoms with E-state index in [4.69, 9.17) is 4.74 Å². The number of aryl methyl sites for hydroxylation is 1. The second kappa shape index (κ2) is 5.50. The first-order chi connectivity index (χ1) is 7.19. The molecule has 0 amide bonds. The van der Waals surface area contributed by atoms with E-state index in [9.17, 15) is 4.79 Å². The summed E-state index contributed by atoms with van der Waals surface area (Å²) in [7, 11) is 1.63. The highest BCUT2D eigenvalue weighted by Gasteiger charge is 2.05. The van der Waals surface area contributed by atoms with Gasteiger partial charge in [-0.3, -0.25) is 9.78 Å². The highest BCUT2D eigenvalue weighted by atomic mass is 16.5. The van der Waals surface area contributed by atoms with Crippen LogP contribution in [0.5, 0.6) is 0 Å². The summed E-state index contributed by atoms with van der Waals surface area (Å²) in [4.78, 5) is 18.5. The number of rotatable bonds is 5. The lowest BCUT2D eigenvalue weighted by Crippen LogP contribution is -2.20. The van der Waals surface area contributed by atoms with Crippen molar-refractivity contribution in [2.45, 2.75) is 20.3 Å². The molecule has 1 rings (SSSR count). The molecule has 0 fully saturated rings. The first-order valence-electron chi connectivity index (χ1n) is 5.01. The van der Waals surface area contributed by atoms with Gasteiger partial charge in [-0.25, -0.2) is 4.98 Å². The standard InChI is InChI=1S/C10H17N3O2/c1-4-8-7(2)12-10(13-9(8)14)11-5-6-15-3/h4-6H2,1-3H3,(H2,11,12,13,14). The Labute approximate surface area is 88.9 Å². The Hall–Kier alpha value is -1.36. The second-order valence-corrected chi connectivity index (χ2v) is 3.25. The zero-order valence-corrected chi connectivity index (χ0v) is 9.39. The zero-order valence-electron chi connectivity index (χ0n) is 9.39. The monoisotopic (exact) mass is 211 g/mol. The number of hydrogen-bond acceptors (Lipinski definition) is 4. The Morgan fingerprint density at radius 1 is 1.53 bits per heavy atom. The highest BCUT2D eigenvalue weighted by Crippen LogP contribution is 2.02. The minimum Gasteiger partial charge on any atom is -0.383 e. The number of nitrogens with one attached hydrogen (secondary N) is 2. The Morgan fingerprint density at radius 2 is 2.27 bits per heavy atom. The maximum Gasteiger partial charge on any atom is 0.255 e. The number of anilines is 1. The summed E-state index contributed by atoms with van der Waals surface area (Å²) in [6.07, 6.45) is 0.701. The van der Waals surface area contributed by atoms with Crippen molar-refractivity contribution < 1.29 is 4.74 Å². The van der Waals surface area contributed by atoms with Crippen molar-refractivity contribution in [2.75, 3.05) is 25.6 Å². The normalized spacial score (nSPS) is 10.3. The van der Waals surface area contributed by atoms with Gasteiger partial charge in [0.1, 0.15) is 0 Å². The molecule has 1 aromatic heterocycles. The molecule has 0 saturated heterocycles. The summed E-state index contributed by atoms with van der Waals surface area (Å²) in [5, 5.41) is 2.99.